The van der Waals surface area contributed by atoms with Crippen LogP contribution in [0.4, 0.5) is 10.2 Å². The predicted octanol–water partition coefficient (Wildman–Crippen LogP) is 3.74. The molecule has 0 atom stereocenters. The second-order valence-corrected chi connectivity index (χ2v) is 5.52. The maximum absolute atomic E-state index is 12.9. The van der Waals surface area contributed by atoms with Gasteiger partial charge in [0.2, 0.25) is 0 Å². The van der Waals surface area contributed by atoms with Gasteiger partial charge in [0.25, 0.3) is 0 Å². The lowest BCUT2D eigenvalue weighted by atomic mass is 10.4. The van der Waals surface area contributed by atoms with E-state index in [1.165, 1.54) is 23.9 Å². The average Bonchev–Trinajstić information content (AvgIpc) is 2.48. The fraction of sp³-hybridized carbons (Fsp3) is 0.333. The molecule has 112 valence electrons. The van der Waals surface area contributed by atoms with Crippen molar-refractivity contribution in [3.8, 4) is 0 Å². The lowest BCUT2D eigenvalue weighted by Gasteiger charge is -2.09. The van der Waals surface area contributed by atoms with E-state index in [0.29, 0.717) is 12.4 Å². The van der Waals surface area contributed by atoms with Gasteiger partial charge in [0.1, 0.15) is 23.3 Å². The van der Waals surface area contributed by atoms with E-state index in [1.54, 1.807) is 19.2 Å². The molecule has 0 saturated heterocycles. The number of methoxy groups -OCH3 is 1. The van der Waals surface area contributed by atoms with E-state index >= 15 is 0 Å². The van der Waals surface area contributed by atoms with Crippen LogP contribution >= 0.6 is 11.8 Å². The van der Waals surface area contributed by atoms with Gasteiger partial charge < -0.3 is 10.1 Å². The predicted molar refractivity (Wildman–Crippen MR) is 82.0 cm³/mol. The molecule has 2 rings (SSSR count). The number of nitrogens with zero attached hydrogens (tertiary/aromatic N) is 2. The summed E-state index contributed by atoms with van der Waals surface area (Å²) >= 11 is 1.47. The molecule has 21 heavy (non-hydrogen) atoms. The van der Waals surface area contributed by atoms with Gasteiger partial charge in [-0.1, -0.05) is 18.7 Å². The molecular weight excluding hydrogens is 289 g/mol. The van der Waals surface area contributed by atoms with E-state index in [2.05, 4.69) is 22.2 Å². The number of rotatable bonds is 7. The quantitative estimate of drug-likeness (QED) is 0.790. The number of hydrogen-bond acceptors (Lipinski definition) is 5. The largest absolute Gasteiger partial charge is 0.377 e. The molecule has 0 radical (unpaired) electrons. The van der Waals surface area contributed by atoms with Crippen molar-refractivity contribution in [3.63, 3.8) is 0 Å². The molecule has 1 aromatic heterocycles. The molecule has 4 nitrogen and oxygen atoms in total. The Labute approximate surface area is 128 Å². The third-order valence-corrected chi connectivity index (χ3v) is 3.54. The highest BCUT2D eigenvalue weighted by molar-refractivity contribution is 7.99. The molecule has 2 aromatic rings. The highest BCUT2D eigenvalue weighted by Gasteiger charge is 2.06. The fourth-order valence-corrected chi connectivity index (χ4v) is 2.52. The Hall–Kier alpha value is -1.66. The second kappa shape index (κ2) is 7.95. The number of nitrogens with one attached hydrogen (secondary N) is 1. The summed E-state index contributed by atoms with van der Waals surface area (Å²) in [6.07, 6.45) is 1.02. The third kappa shape index (κ3) is 4.99. The van der Waals surface area contributed by atoms with Crippen molar-refractivity contribution in [2.75, 3.05) is 19.0 Å². The van der Waals surface area contributed by atoms with Crippen LogP contribution < -0.4 is 5.32 Å². The minimum Gasteiger partial charge on any atom is -0.377 e. The molecule has 0 unspecified atom stereocenters. The van der Waals surface area contributed by atoms with Crippen molar-refractivity contribution in [2.24, 2.45) is 0 Å². The maximum Gasteiger partial charge on any atom is 0.157 e. The zero-order valence-electron chi connectivity index (χ0n) is 12.1. The van der Waals surface area contributed by atoms with Crippen LogP contribution in [0.1, 0.15) is 19.2 Å². The number of ether oxygens (including phenoxy) is 1. The summed E-state index contributed by atoms with van der Waals surface area (Å²) in [5.74, 6) is 1.17. The summed E-state index contributed by atoms with van der Waals surface area (Å²) in [7, 11) is 1.61. The van der Waals surface area contributed by atoms with Crippen molar-refractivity contribution >= 4 is 17.6 Å². The van der Waals surface area contributed by atoms with Gasteiger partial charge >= 0.3 is 0 Å². The van der Waals surface area contributed by atoms with Gasteiger partial charge in [-0.2, -0.15) is 0 Å². The molecule has 0 spiro atoms. The summed E-state index contributed by atoms with van der Waals surface area (Å²) in [5.41, 5.74) is 0. The Morgan fingerprint density at radius 1 is 1.24 bits per heavy atom. The highest BCUT2D eigenvalue weighted by atomic mass is 32.2. The average molecular weight is 307 g/mol. The van der Waals surface area contributed by atoms with Gasteiger partial charge in [0.15, 0.2) is 5.82 Å². The van der Waals surface area contributed by atoms with E-state index in [-0.39, 0.29) is 5.82 Å². The lowest BCUT2D eigenvalue weighted by Crippen LogP contribution is -2.06. The Morgan fingerprint density at radius 3 is 2.67 bits per heavy atom. The lowest BCUT2D eigenvalue weighted by molar-refractivity contribution is 0.177. The van der Waals surface area contributed by atoms with E-state index in [9.17, 15) is 4.39 Å². The minimum absolute atomic E-state index is 0.243. The van der Waals surface area contributed by atoms with Crippen molar-refractivity contribution in [1.82, 2.24) is 9.97 Å². The molecule has 1 N–H and O–H groups in total. The first-order valence-electron chi connectivity index (χ1n) is 6.75. The number of benzene rings is 1. The van der Waals surface area contributed by atoms with Crippen LogP contribution in [0, 0.1) is 5.82 Å². The molecule has 0 saturated carbocycles. The van der Waals surface area contributed by atoms with Gasteiger partial charge in [0, 0.05) is 24.6 Å². The van der Waals surface area contributed by atoms with Crippen LogP contribution in [0.2, 0.25) is 0 Å². The van der Waals surface area contributed by atoms with Gasteiger partial charge in [-0.05, 0) is 30.7 Å². The van der Waals surface area contributed by atoms with Crippen LogP contribution in [0.3, 0.4) is 0 Å². The first-order chi connectivity index (χ1) is 10.2. The van der Waals surface area contributed by atoms with Crippen molar-refractivity contribution in [2.45, 2.75) is 29.9 Å². The monoisotopic (exact) mass is 307 g/mol. The van der Waals surface area contributed by atoms with E-state index in [4.69, 9.17) is 4.74 Å². The van der Waals surface area contributed by atoms with Gasteiger partial charge in [0.05, 0.1) is 0 Å². The first kappa shape index (κ1) is 15.7. The van der Waals surface area contributed by atoms with E-state index in [1.807, 2.05) is 6.07 Å². The van der Waals surface area contributed by atoms with E-state index in [0.717, 1.165) is 28.7 Å². The van der Waals surface area contributed by atoms with Crippen LogP contribution in [-0.4, -0.2) is 23.6 Å². The molecule has 1 aromatic carbocycles. The minimum atomic E-state index is -0.243. The molecular formula is C15H18FN3OS. The van der Waals surface area contributed by atoms with E-state index < -0.39 is 0 Å². The number of aromatic nitrogens is 2. The summed E-state index contributed by atoms with van der Waals surface area (Å²) in [6, 6.07) is 8.24. The molecule has 0 aliphatic rings. The first-order valence-corrected chi connectivity index (χ1v) is 7.57. The Morgan fingerprint density at radius 2 is 2.00 bits per heavy atom. The van der Waals surface area contributed by atoms with Gasteiger partial charge in [-0.15, -0.1) is 0 Å². The van der Waals surface area contributed by atoms with Gasteiger partial charge in [-0.25, -0.2) is 14.4 Å². The summed E-state index contributed by atoms with van der Waals surface area (Å²) in [5, 5.41) is 4.06. The molecule has 0 fully saturated rings. The van der Waals surface area contributed by atoms with Crippen LogP contribution in [0.5, 0.6) is 0 Å². The van der Waals surface area contributed by atoms with Crippen LogP contribution in [0.25, 0.3) is 0 Å². The Kier molecular flexibility index (Phi) is 5.95. The number of halogens is 1. The molecule has 0 aliphatic heterocycles. The van der Waals surface area contributed by atoms with Crippen molar-refractivity contribution < 1.29 is 9.13 Å². The zero-order chi connectivity index (χ0) is 15.1. The number of anilines is 1. The molecule has 0 bridgehead atoms. The number of hydrogen-bond donors (Lipinski definition) is 1. The maximum atomic E-state index is 12.9. The molecule has 0 amide bonds. The second-order valence-electron chi connectivity index (χ2n) is 4.42. The van der Waals surface area contributed by atoms with Crippen molar-refractivity contribution in [1.29, 1.82) is 0 Å². The standard InChI is InChI=1S/C15H18FN3OS/c1-3-8-17-13-9-15(19-14(18-13)10-20-2)21-12-6-4-11(16)5-7-12/h4-7,9H,3,8,10H2,1-2H3,(H,17,18,19). The normalized spacial score (nSPS) is 10.6. The SMILES string of the molecule is CCCNc1cc(Sc2ccc(F)cc2)nc(COC)n1. The Balaban J connectivity index is 2.19. The topological polar surface area (TPSA) is 47.0 Å². The zero-order valence-corrected chi connectivity index (χ0v) is 12.9. The summed E-state index contributed by atoms with van der Waals surface area (Å²) in [4.78, 5) is 9.77. The smallest absolute Gasteiger partial charge is 0.157 e. The third-order valence-electron chi connectivity index (χ3n) is 2.61. The molecule has 0 aliphatic carbocycles. The summed E-state index contributed by atoms with van der Waals surface area (Å²) < 4.78 is 18.0. The highest BCUT2D eigenvalue weighted by Crippen LogP contribution is 2.27. The Bertz CT molecular complexity index is 578. The van der Waals surface area contributed by atoms with Crippen LogP contribution in [-0.2, 0) is 11.3 Å². The fourth-order valence-electron chi connectivity index (χ4n) is 1.69. The van der Waals surface area contributed by atoms with Crippen molar-refractivity contribution in [3.05, 3.63) is 42.0 Å². The summed E-state index contributed by atoms with van der Waals surface area (Å²) in [6.45, 7) is 3.31. The van der Waals surface area contributed by atoms with Crippen LogP contribution in [0.15, 0.2) is 40.3 Å². The van der Waals surface area contributed by atoms with Gasteiger partial charge in [-0.3, -0.25) is 0 Å². The molecule has 1 heterocycles. The molecule has 6 heteroatoms.